The van der Waals surface area contributed by atoms with Crippen molar-refractivity contribution in [1.29, 1.82) is 0 Å². The molecule has 2 aromatic carbocycles. The maximum Gasteiger partial charge on any atom is 0.307 e. The Morgan fingerprint density at radius 1 is 1.07 bits per heavy atom. The second-order valence-electron chi connectivity index (χ2n) is 6.52. The summed E-state index contributed by atoms with van der Waals surface area (Å²) < 4.78 is 10.7. The third kappa shape index (κ3) is 6.57. The van der Waals surface area contributed by atoms with Crippen molar-refractivity contribution in [2.75, 3.05) is 19.8 Å². The third-order valence-electron chi connectivity index (χ3n) is 4.23. The molecular formula is C22H26ClNO4. The van der Waals surface area contributed by atoms with E-state index in [-0.39, 0.29) is 31.4 Å². The van der Waals surface area contributed by atoms with Crippen molar-refractivity contribution in [2.45, 2.75) is 33.7 Å². The molecule has 28 heavy (non-hydrogen) atoms. The standard InChI is InChI=1S/C22H26ClNO4/c1-4-27-21(26)10-11-24(14-18-8-6-5-7-9-18)20(25)15-28-19-12-16(2)22(23)17(3)13-19/h5-9,12-13H,4,10-11,14-15H2,1-3H3. The summed E-state index contributed by atoms with van der Waals surface area (Å²) in [5.74, 6) is 0.0782. The summed E-state index contributed by atoms with van der Waals surface area (Å²) in [4.78, 5) is 26.1. The molecule has 0 N–H and O–H groups in total. The summed E-state index contributed by atoms with van der Waals surface area (Å²) in [6, 6.07) is 13.3. The van der Waals surface area contributed by atoms with Crippen molar-refractivity contribution in [1.82, 2.24) is 4.90 Å². The summed E-state index contributed by atoms with van der Waals surface area (Å²) in [5, 5.41) is 0.693. The molecular weight excluding hydrogens is 378 g/mol. The van der Waals surface area contributed by atoms with Gasteiger partial charge in [0.2, 0.25) is 0 Å². The highest BCUT2D eigenvalue weighted by molar-refractivity contribution is 6.32. The first-order valence-electron chi connectivity index (χ1n) is 9.27. The van der Waals surface area contributed by atoms with E-state index in [0.717, 1.165) is 16.7 Å². The van der Waals surface area contributed by atoms with Gasteiger partial charge in [0.15, 0.2) is 6.61 Å². The number of nitrogens with zero attached hydrogens (tertiary/aromatic N) is 1. The van der Waals surface area contributed by atoms with Gasteiger partial charge in [-0.05, 0) is 49.6 Å². The molecule has 0 aliphatic rings. The quantitative estimate of drug-likeness (QED) is 0.585. The van der Waals surface area contributed by atoms with Crippen molar-refractivity contribution in [3.8, 4) is 5.75 Å². The van der Waals surface area contributed by atoms with E-state index in [1.54, 1.807) is 11.8 Å². The molecule has 0 saturated heterocycles. The van der Waals surface area contributed by atoms with Gasteiger partial charge in [-0.25, -0.2) is 0 Å². The Morgan fingerprint density at radius 2 is 1.71 bits per heavy atom. The molecule has 2 rings (SSSR count). The largest absolute Gasteiger partial charge is 0.484 e. The Labute approximate surface area is 171 Å². The summed E-state index contributed by atoms with van der Waals surface area (Å²) in [5.41, 5.74) is 2.78. The van der Waals surface area contributed by atoms with Crippen LogP contribution < -0.4 is 4.74 Å². The van der Waals surface area contributed by atoms with Gasteiger partial charge in [-0.2, -0.15) is 0 Å². The predicted octanol–water partition coefficient (Wildman–Crippen LogP) is 4.32. The van der Waals surface area contributed by atoms with E-state index in [0.29, 0.717) is 23.9 Å². The molecule has 0 bridgehead atoms. The fourth-order valence-corrected chi connectivity index (χ4v) is 2.89. The lowest BCUT2D eigenvalue weighted by atomic mass is 10.1. The molecule has 2 aromatic rings. The van der Waals surface area contributed by atoms with Crippen LogP contribution in [0.4, 0.5) is 0 Å². The monoisotopic (exact) mass is 403 g/mol. The highest BCUT2D eigenvalue weighted by Crippen LogP contribution is 2.25. The van der Waals surface area contributed by atoms with Gasteiger partial charge in [0.05, 0.1) is 13.0 Å². The first kappa shape index (κ1) is 21.8. The van der Waals surface area contributed by atoms with Crippen molar-refractivity contribution in [2.24, 2.45) is 0 Å². The number of benzene rings is 2. The minimum absolute atomic E-state index is 0.115. The van der Waals surface area contributed by atoms with Crippen molar-refractivity contribution in [3.63, 3.8) is 0 Å². The maximum atomic E-state index is 12.8. The van der Waals surface area contributed by atoms with Crippen molar-refractivity contribution < 1.29 is 19.1 Å². The first-order chi connectivity index (χ1) is 13.4. The smallest absolute Gasteiger partial charge is 0.307 e. The second kappa shape index (κ2) is 10.7. The fraction of sp³-hybridized carbons (Fsp3) is 0.364. The molecule has 0 radical (unpaired) electrons. The van der Waals surface area contributed by atoms with Crippen molar-refractivity contribution >= 4 is 23.5 Å². The summed E-state index contributed by atoms with van der Waals surface area (Å²) in [7, 11) is 0. The summed E-state index contributed by atoms with van der Waals surface area (Å²) in [6.45, 7) is 6.43. The zero-order valence-electron chi connectivity index (χ0n) is 16.5. The number of aryl methyl sites for hydroxylation is 2. The summed E-state index contributed by atoms with van der Waals surface area (Å²) >= 11 is 6.18. The zero-order chi connectivity index (χ0) is 20.5. The van der Waals surface area contributed by atoms with Crippen LogP contribution in [0.1, 0.15) is 30.0 Å². The molecule has 150 valence electrons. The fourth-order valence-electron chi connectivity index (χ4n) is 2.78. The molecule has 0 unspecified atom stereocenters. The Morgan fingerprint density at radius 3 is 2.32 bits per heavy atom. The number of hydrogen-bond acceptors (Lipinski definition) is 4. The Hall–Kier alpha value is -2.53. The Bertz CT molecular complexity index is 784. The summed E-state index contributed by atoms with van der Waals surface area (Å²) in [6.07, 6.45) is 0.144. The molecule has 0 atom stereocenters. The zero-order valence-corrected chi connectivity index (χ0v) is 17.3. The van der Waals surface area contributed by atoms with Gasteiger partial charge >= 0.3 is 5.97 Å². The third-order valence-corrected chi connectivity index (χ3v) is 4.83. The minimum Gasteiger partial charge on any atom is -0.484 e. The van der Waals surface area contributed by atoms with E-state index in [1.165, 1.54) is 0 Å². The van der Waals surface area contributed by atoms with Crippen LogP contribution in [0.2, 0.25) is 5.02 Å². The lowest BCUT2D eigenvalue weighted by molar-refractivity contribution is -0.144. The molecule has 0 aromatic heterocycles. The van der Waals surface area contributed by atoms with E-state index < -0.39 is 0 Å². The van der Waals surface area contributed by atoms with E-state index in [4.69, 9.17) is 21.1 Å². The number of carbonyl (C=O) groups is 2. The molecule has 0 saturated carbocycles. The Balaban J connectivity index is 2.03. The molecule has 1 amide bonds. The van der Waals surface area contributed by atoms with Gasteiger partial charge in [-0.15, -0.1) is 0 Å². The number of amides is 1. The van der Waals surface area contributed by atoms with Gasteiger partial charge < -0.3 is 14.4 Å². The molecule has 0 spiro atoms. The topological polar surface area (TPSA) is 55.8 Å². The van der Waals surface area contributed by atoms with Crippen LogP contribution >= 0.6 is 11.6 Å². The average Bonchev–Trinajstić information content (AvgIpc) is 2.68. The second-order valence-corrected chi connectivity index (χ2v) is 6.89. The SMILES string of the molecule is CCOC(=O)CCN(Cc1ccccc1)C(=O)COc1cc(C)c(Cl)c(C)c1. The van der Waals surface area contributed by atoms with Crippen LogP contribution in [0.15, 0.2) is 42.5 Å². The minimum atomic E-state index is -0.321. The maximum absolute atomic E-state index is 12.8. The van der Waals surface area contributed by atoms with Crippen LogP contribution in [0.3, 0.4) is 0 Å². The Kier molecular flexibility index (Phi) is 8.33. The number of rotatable bonds is 9. The number of carbonyl (C=O) groups excluding carboxylic acids is 2. The lowest BCUT2D eigenvalue weighted by Crippen LogP contribution is -2.36. The number of halogens is 1. The van der Waals surface area contributed by atoms with E-state index in [2.05, 4.69) is 0 Å². The molecule has 0 aliphatic carbocycles. The van der Waals surface area contributed by atoms with Crippen LogP contribution in [0, 0.1) is 13.8 Å². The highest BCUT2D eigenvalue weighted by atomic mass is 35.5. The van der Waals surface area contributed by atoms with E-state index >= 15 is 0 Å². The number of hydrogen-bond donors (Lipinski definition) is 0. The van der Waals surface area contributed by atoms with Crippen molar-refractivity contribution in [3.05, 3.63) is 64.2 Å². The molecule has 0 heterocycles. The van der Waals surface area contributed by atoms with Crippen LogP contribution in [0.25, 0.3) is 0 Å². The molecule has 0 aliphatic heterocycles. The predicted molar refractivity (Wildman–Crippen MR) is 110 cm³/mol. The molecule has 0 fully saturated rings. The van der Waals surface area contributed by atoms with Gasteiger partial charge in [0.25, 0.3) is 5.91 Å². The van der Waals surface area contributed by atoms with E-state index in [9.17, 15) is 9.59 Å². The van der Waals surface area contributed by atoms with Crippen LogP contribution in [-0.2, 0) is 20.9 Å². The normalized spacial score (nSPS) is 10.4. The van der Waals surface area contributed by atoms with Crippen LogP contribution in [-0.4, -0.2) is 36.5 Å². The van der Waals surface area contributed by atoms with Gasteiger partial charge in [-0.1, -0.05) is 41.9 Å². The van der Waals surface area contributed by atoms with E-state index in [1.807, 2.05) is 56.3 Å². The average molecular weight is 404 g/mol. The molecule has 6 heteroatoms. The lowest BCUT2D eigenvalue weighted by Gasteiger charge is -2.23. The highest BCUT2D eigenvalue weighted by Gasteiger charge is 2.17. The molecule has 5 nitrogen and oxygen atoms in total. The van der Waals surface area contributed by atoms with Gasteiger partial charge in [0, 0.05) is 18.1 Å². The number of ether oxygens (including phenoxy) is 2. The number of esters is 1. The van der Waals surface area contributed by atoms with Gasteiger partial charge in [0.1, 0.15) is 5.75 Å². The first-order valence-corrected chi connectivity index (χ1v) is 9.65. The van der Waals surface area contributed by atoms with Crippen LogP contribution in [0.5, 0.6) is 5.75 Å². The van der Waals surface area contributed by atoms with Gasteiger partial charge in [-0.3, -0.25) is 9.59 Å².